The van der Waals surface area contributed by atoms with E-state index in [1.54, 1.807) is 7.11 Å². The average Bonchev–Trinajstić information content (AvgIpc) is 2.61. The number of hydrogen-bond donors (Lipinski definition) is 0. The molecule has 2 heterocycles. The molecule has 3 aromatic rings. The molecule has 0 bridgehead atoms. The maximum absolute atomic E-state index is 5.29. The van der Waals surface area contributed by atoms with Gasteiger partial charge in [0.05, 0.1) is 18.5 Å². The van der Waals surface area contributed by atoms with Crippen LogP contribution in [0.2, 0.25) is 0 Å². The van der Waals surface area contributed by atoms with Crippen molar-refractivity contribution in [1.82, 2.24) is 9.97 Å². The first kappa shape index (κ1) is 15.0. The first-order valence-corrected chi connectivity index (χ1v) is 7.46. The summed E-state index contributed by atoms with van der Waals surface area (Å²) in [5.41, 5.74) is 3.74. The largest absolute Gasteiger partial charge is 0.497 e. The van der Waals surface area contributed by atoms with Crippen molar-refractivity contribution in [2.45, 2.75) is 6.92 Å². The zero-order valence-electron chi connectivity index (χ0n) is 13.5. The van der Waals surface area contributed by atoms with Crippen molar-refractivity contribution in [3.8, 4) is 17.1 Å². The molecule has 0 aliphatic rings. The number of aromatic nitrogens is 2. The van der Waals surface area contributed by atoms with Crippen molar-refractivity contribution in [1.29, 1.82) is 0 Å². The standard InChI is InChI=1S/C19H19N3O/c1-14-7-4-10-17(20-14)18-11-6-12-19(21-18)22(2)15-8-5-9-16(13-15)23-3/h4-13H,1-3H3. The highest BCUT2D eigenvalue weighted by Gasteiger charge is 2.09. The normalized spacial score (nSPS) is 10.4. The number of anilines is 2. The molecule has 116 valence electrons. The Morgan fingerprint density at radius 1 is 0.870 bits per heavy atom. The van der Waals surface area contributed by atoms with Crippen LogP contribution in [-0.2, 0) is 0 Å². The topological polar surface area (TPSA) is 38.2 Å². The Morgan fingerprint density at radius 2 is 1.57 bits per heavy atom. The minimum Gasteiger partial charge on any atom is -0.497 e. The van der Waals surface area contributed by atoms with Crippen molar-refractivity contribution >= 4 is 11.5 Å². The van der Waals surface area contributed by atoms with Crippen LogP contribution in [0.4, 0.5) is 11.5 Å². The van der Waals surface area contributed by atoms with Crippen LogP contribution in [0.15, 0.2) is 60.7 Å². The van der Waals surface area contributed by atoms with Gasteiger partial charge in [-0.3, -0.25) is 4.98 Å². The summed E-state index contributed by atoms with van der Waals surface area (Å²) >= 11 is 0. The molecule has 0 atom stereocenters. The van der Waals surface area contributed by atoms with Gasteiger partial charge < -0.3 is 9.64 Å². The number of rotatable bonds is 4. The van der Waals surface area contributed by atoms with E-state index in [0.717, 1.165) is 34.3 Å². The smallest absolute Gasteiger partial charge is 0.133 e. The highest BCUT2D eigenvalue weighted by molar-refractivity contribution is 5.64. The van der Waals surface area contributed by atoms with Gasteiger partial charge in [-0.05, 0) is 43.3 Å². The lowest BCUT2D eigenvalue weighted by atomic mass is 10.2. The van der Waals surface area contributed by atoms with Crippen LogP contribution in [0, 0.1) is 6.92 Å². The molecule has 0 aliphatic carbocycles. The van der Waals surface area contributed by atoms with E-state index in [-0.39, 0.29) is 0 Å². The quantitative estimate of drug-likeness (QED) is 0.723. The van der Waals surface area contributed by atoms with Crippen molar-refractivity contribution in [2.75, 3.05) is 19.1 Å². The lowest BCUT2D eigenvalue weighted by Gasteiger charge is -2.19. The zero-order valence-corrected chi connectivity index (χ0v) is 13.5. The fraction of sp³-hybridized carbons (Fsp3) is 0.158. The van der Waals surface area contributed by atoms with E-state index in [9.17, 15) is 0 Å². The van der Waals surface area contributed by atoms with Gasteiger partial charge in [0.15, 0.2) is 0 Å². The molecular formula is C19H19N3O. The van der Waals surface area contributed by atoms with Gasteiger partial charge in [0.2, 0.25) is 0 Å². The van der Waals surface area contributed by atoms with Gasteiger partial charge in [0.1, 0.15) is 11.6 Å². The number of nitrogens with zero attached hydrogens (tertiary/aromatic N) is 3. The SMILES string of the molecule is COc1cccc(N(C)c2cccc(-c3cccc(C)n3)n2)c1. The molecule has 0 spiro atoms. The van der Waals surface area contributed by atoms with Crippen LogP contribution in [0.25, 0.3) is 11.4 Å². The fourth-order valence-electron chi connectivity index (χ4n) is 2.39. The Kier molecular flexibility index (Phi) is 4.24. The molecule has 0 aliphatic heterocycles. The summed E-state index contributed by atoms with van der Waals surface area (Å²) in [5.74, 6) is 1.69. The molecule has 0 saturated carbocycles. The molecule has 0 amide bonds. The molecule has 23 heavy (non-hydrogen) atoms. The maximum atomic E-state index is 5.29. The van der Waals surface area contributed by atoms with E-state index in [4.69, 9.17) is 9.72 Å². The molecular weight excluding hydrogens is 286 g/mol. The van der Waals surface area contributed by atoms with Gasteiger partial charge in [-0.15, -0.1) is 0 Å². The summed E-state index contributed by atoms with van der Waals surface area (Å²) in [6.45, 7) is 1.98. The molecule has 2 aromatic heterocycles. The lowest BCUT2D eigenvalue weighted by Crippen LogP contribution is -2.11. The van der Waals surface area contributed by atoms with Crippen molar-refractivity contribution in [3.63, 3.8) is 0 Å². The third-order valence-electron chi connectivity index (χ3n) is 3.67. The second-order valence-electron chi connectivity index (χ2n) is 5.31. The summed E-state index contributed by atoms with van der Waals surface area (Å²) in [5, 5.41) is 0. The average molecular weight is 305 g/mol. The van der Waals surface area contributed by atoms with Crippen LogP contribution in [0.1, 0.15) is 5.69 Å². The Bertz CT molecular complexity index is 817. The number of pyridine rings is 2. The van der Waals surface area contributed by atoms with Gasteiger partial charge in [-0.25, -0.2) is 4.98 Å². The van der Waals surface area contributed by atoms with Gasteiger partial charge >= 0.3 is 0 Å². The Balaban J connectivity index is 1.95. The van der Waals surface area contributed by atoms with E-state index < -0.39 is 0 Å². The number of methoxy groups -OCH3 is 1. The number of hydrogen-bond acceptors (Lipinski definition) is 4. The van der Waals surface area contributed by atoms with E-state index in [0.29, 0.717) is 0 Å². The molecule has 0 radical (unpaired) electrons. The Labute approximate surface area is 136 Å². The van der Waals surface area contributed by atoms with Crippen molar-refractivity contribution < 1.29 is 4.74 Å². The first-order valence-electron chi connectivity index (χ1n) is 7.46. The Hall–Kier alpha value is -2.88. The third kappa shape index (κ3) is 3.31. The lowest BCUT2D eigenvalue weighted by molar-refractivity contribution is 0.415. The van der Waals surface area contributed by atoms with Crippen LogP contribution in [0.5, 0.6) is 5.75 Å². The molecule has 0 saturated heterocycles. The van der Waals surface area contributed by atoms with Crippen molar-refractivity contribution in [2.24, 2.45) is 0 Å². The zero-order chi connectivity index (χ0) is 16.2. The second-order valence-corrected chi connectivity index (χ2v) is 5.31. The van der Waals surface area contributed by atoms with E-state index >= 15 is 0 Å². The van der Waals surface area contributed by atoms with Crippen LogP contribution in [0.3, 0.4) is 0 Å². The monoisotopic (exact) mass is 305 g/mol. The van der Waals surface area contributed by atoms with Crippen molar-refractivity contribution in [3.05, 3.63) is 66.4 Å². The highest BCUT2D eigenvalue weighted by atomic mass is 16.5. The van der Waals surface area contributed by atoms with E-state index in [1.165, 1.54) is 0 Å². The van der Waals surface area contributed by atoms with Gasteiger partial charge in [-0.1, -0.05) is 18.2 Å². The molecule has 0 fully saturated rings. The minimum atomic E-state index is 0.825. The van der Waals surface area contributed by atoms with Gasteiger partial charge in [0.25, 0.3) is 0 Å². The van der Waals surface area contributed by atoms with Gasteiger partial charge in [0, 0.05) is 24.5 Å². The third-order valence-corrected chi connectivity index (χ3v) is 3.67. The molecule has 0 unspecified atom stereocenters. The van der Waals surface area contributed by atoms with Crippen LogP contribution >= 0.6 is 0 Å². The first-order chi connectivity index (χ1) is 11.2. The molecule has 4 nitrogen and oxygen atoms in total. The molecule has 1 aromatic carbocycles. The predicted octanol–water partition coefficient (Wildman–Crippen LogP) is 4.23. The Morgan fingerprint density at radius 3 is 2.30 bits per heavy atom. The second kappa shape index (κ2) is 6.48. The van der Waals surface area contributed by atoms with Crippen LogP contribution < -0.4 is 9.64 Å². The number of aryl methyl sites for hydroxylation is 1. The molecule has 3 rings (SSSR count). The van der Waals surface area contributed by atoms with Gasteiger partial charge in [-0.2, -0.15) is 0 Å². The van der Waals surface area contributed by atoms with E-state index in [1.807, 2.05) is 79.5 Å². The summed E-state index contributed by atoms with van der Waals surface area (Å²) in [6, 6.07) is 19.8. The number of ether oxygens (including phenoxy) is 1. The summed E-state index contributed by atoms with van der Waals surface area (Å²) < 4.78 is 5.29. The van der Waals surface area contributed by atoms with Crippen LogP contribution in [-0.4, -0.2) is 24.1 Å². The summed E-state index contributed by atoms with van der Waals surface area (Å²) in [6.07, 6.45) is 0. The minimum absolute atomic E-state index is 0.825. The number of benzene rings is 1. The predicted molar refractivity (Wildman–Crippen MR) is 93.3 cm³/mol. The fourth-order valence-corrected chi connectivity index (χ4v) is 2.39. The molecule has 0 N–H and O–H groups in total. The maximum Gasteiger partial charge on any atom is 0.133 e. The van der Waals surface area contributed by atoms with E-state index in [2.05, 4.69) is 4.98 Å². The highest BCUT2D eigenvalue weighted by Crippen LogP contribution is 2.27. The summed E-state index contributed by atoms with van der Waals surface area (Å²) in [7, 11) is 3.66. The molecule has 4 heteroatoms. The summed E-state index contributed by atoms with van der Waals surface area (Å²) in [4.78, 5) is 11.3.